The smallest absolute Gasteiger partial charge is 0.406 e. The van der Waals surface area contributed by atoms with E-state index in [0.717, 1.165) is 17.3 Å². The predicted octanol–water partition coefficient (Wildman–Crippen LogP) is 1.61. The minimum atomic E-state index is -4.94. The Morgan fingerprint density at radius 2 is 2.00 bits per heavy atom. The van der Waals surface area contributed by atoms with Gasteiger partial charge in [0.25, 0.3) is 5.91 Å². The van der Waals surface area contributed by atoms with E-state index in [-0.39, 0.29) is 17.4 Å². The van der Waals surface area contributed by atoms with Crippen LogP contribution in [0.25, 0.3) is 0 Å². The predicted molar refractivity (Wildman–Crippen MR) is 63.7 cm³/mol. The fourth-order valence-electron chi connectivity index (χ4n) is 2.10. The van der Waals surface area contributed by atoms with Gasteiger partial charge in [0.2, 0.25) is 0 Å². The number of carbonyl (C=O) groups excluding carboxylic acids is 1. The molecule has 1 N–H and O–H groups in total. The van der Waals surface area contributed by atoms with Crippen molar-refractivity contribution >= 4 is 23.5 Å². The van der Waals surface area contributed by atoms with Crippen LogP contribution in [0.3, 0.4) is 0 Å². The quantitative estimate of drug-likeness (QED) is 0.894. The van der Waals surface area contributed by atoms with Gasteiger partial charge in [0.05, 0.1) is 12.4 Å². The summed E-state index contributed by atoms with van der Waals surface area (Å²) in [6.45, 7) is -1.27. The number of halogens is 4. The molecule has 2 heterocycles. The third-order valence-corrected chi connectivity index (χ3v) is 3.54. The number of carbonyl (C=O) groups is 2. The van der Waals surface area contributed by atoms with E-state index in [1.807, 2.05) is 0 Å². The summed E-state index contributed by atoms with van der Waals surface area (Å²) in [7, 11) is 0. The van der Waals surface area contributed by atoms with Crippen LogP contribution in [0.4, 0.5) is 13.2 Å². The highest BCUT2D eigenvalue weighted by molar-refractivity contribution is 6.29. The molecule has 0 radical (unpaired) electrons. The minimum absolute atomic E-state index is 0.0307. The van der Waals surface area contributed by atoms with Crippen molar-refractivity contribution in [1.29, 1.82) is 0 Å². The number of hydrogen-bond acceptors (Lipinski definition) is 4. The first kappa shape index (κ1) is 15.5. The molecule has 1 amide bonds. The van der Waals surface area contributed by atoms with Crippen LogP contribution < -0.4 is 0 Å². The maximum atomic E-state index is 13.0. The number of hydrogen-bond donors (Lipinski definition) is 1. The van der Waals surface area contributed by atoms with Crippen molar-refractivity contribution in [3.8, 4) is 0 Å². The van der Waals surface area contributed by atoms with Gasteiger partial charge in [-0.2, -0.15) is 13.2 Å². The van der Waals surface area contributed by atoms with Crippen molar-refractivity contribution in [2.75, 3.05) is 13.1 Å². The normalized spacial score (nSPS) is 22.4. The molecule has 0 bridgehead atoms. The summed E-state index contributed by atoms with van der Waals surface area (Å²) in [6, 6.07) is 0. The number of nitrogens with zero attached hydrogens (tertiary/aromatic N) is 3. The van der Waals surface area contributed by atoms with Gasteiger partial charge in [0.1, 0.15) is 10.8 Å². The zero-order chi connectivity index (χ0) is 15.8. The zero-order valence-electron chi connectivity index (χ0n) is 10.4. The number of carboxylic acids is 1. The summed E-state index contributed by atoms with van der Waals surface area (Å²) < 4.78 is 39.0. The molecule has 1 aromatic heterocycles. The van der Waals surface area contributed by atoms with Crippen LogP contribution in [0.15, 0.2) is 12.4 Å². The van der Waals surface area contributed by atoms with Gasteiger partial charge in [-0.15, -0.1) is 0 Å². The SMILES string of the molecule is O=C(c1cnc(Cl)cn1)N1CCC(C(=O)O)(C(F)(F)F)C1. The highest BCUT2D eigenvalue weighted by Crippen LogP contribution is 2.45. The molecule has 1 aromatic rings. The first-order valence-corrected chi connectivity index (χ1v) is 6.12. The van der Waals surface area contributed by atoms with E-state index in [4.69, 9.17) is 16.7 Å². The van der Waals surface area contributed by atoms with Crippen LogP contribution in [0, 0.1) is 5.41 Å². The van der Waals surface area contributed by atoms with E-state index in [2.05, 4.69) is 9.97 Å². The lowest BCUT2D eigenvalue weighted by Crippen LogP contribution is -2.47. The molecule has 1 aliphatic rings. The molecular weight excluding hydrogens is 315 g/mol. The lowest BCUT2D eigenvalue weighted by atomic mass is 9.86. The molecule has 114 valence electrons. The van der Waals surface area contributed by atoms with Gasteiger partial charge >= 0.3 is 12.1 Å². The third kappa shape index (κ3) is 2.65. The first-order chi connectivity index (χ1) is 9.67. The second-order valence-electron chi connectivity index (χ2n) is 4.59. The van der Waals surface area contributed by atoms with Crippen LogP contribution in [0.5, 0.6) is 0 Å². The van der Waals surface area contributed by atoms with Crippen molar-refractivity contribution in [3.63, 3.8) is 0 Å². The number of likely N-dealkylation sites (tertiary alicyclic amines) is 1. The Kier molecular flexibility index (Phi) is 3.79. The monoisotopic (exact) mass is 323 g/mol. The average molecular weight is 324 g/mol. The van der Waals surface area contributed by atoms with Crippen molar-refractivity contribution in [2.24, 2.45) is 5.41 Å². The topological polar surface area (TPSA) is 83.4 Å². The fraction of sp³-hybridized carbons (Fsp3) is 0.455. The van der Waals surface area contributed by atoms with Crippen molar-refractivity contribution < 1.29 is 27.9 Å². The Morgan fingerprint density at radius 1 is 1.33 bits per heavy atom. The number of aliphatic carboxylic acids is 1. The molecule has 0 aromatic carbocycles. The minimum Gasteiger partial charge on any atom is -0.481 e. The average Bonchev–Trinajstić information content (AvgIpc) is 2.84. The van der Waals surface area contributed by atoms with Gasteiger partial charge in [-0.3, -0.25) is 9.59 Å². The Morgan fingerprint density at radius 3 is 2.43 bits per heavy atom. The Bertz CT molecular complexity index is 578. The first-order valence-electron chi connectivity index (χ1n) is 5.74. The van der Waals surface area contributed by atoms with Crippen LogP contribution >= 0.6 is 11.6 Å². The third-order valence-electron chi connectivity index (χ3n) is 3.35. The molecule has 1 unspecified atom stereocenters. The summed E-state index contributed by atoms with van der Waals surface area (Å²) in [4.78, 5) is 31.1. The molecule has 1 atom stereocenters. The van der Waals surface area contributed by atoms with Gasteiger partial charge in [0, 0.05) is 13.1 Å². The largest absolute Gasteiger partial charge is 0.481 e. The summed E-state index contributed by atoms with van der Waals surface area (Å²) >= 11 is 5.50. The number of rotatable bonds is 2. The molecule has 2 rings (SSSR count). The molecule has 0 saturated carbocycles. The molecule has 10 heteroatoms. The Labute approximate surface area is 121 Å². The van der Waals surface area contributed by atoms with Crippen LogP contribution in [0.2, 0.25) is 5.15 Å². The van der Waals surface area contributed by atoms with E-state index in [1.165, 1.54) is 0 Å². The maximum Gasteiger partial charge on any atom is 0.406 e. The number of amides is 1. The van der Waals surface area contributed by atoms with E-state index in [9.17, 15) is 22.8 Å². The molecule has 0 aliphatic carbocycles. The molecule has 6 nitrogen and oxygen atoms in total. The summed E-state index contributed by atoms with van der Waals surface area (Å²) in [5.41, 5.74) is -3.13. The summed E-state index contributed by atoms with van der Waals surface area (Å²) in [6.07, 6.45) is -3.53. The zero-order valence-corrected chi connectivity index (χ0v) is 11.1. The van der Waals surface area contributed by atoms with Crippen LogP contribution in [-0.4, -0.2) is 51.1 Å². The lowest BCUT2D eigenvalue weighted by Gasteiger charge is -2.27. The highest BCUT2D eigenvalue weighted by Gasteiger charge is 2.64. The standard InChI is InChI=1S/C11H9ClF3N3O3/c12-7-4-16-6(3-17-7)8(19)18-2-1-10(5-18,9(20)21)11(13,14)15/h3-4H,1-2,5H2,(H,20,21). The van der Waals surface area contributed by atoms with E-state index in [0.29, 0.717) is 0 Å². The van der Waals surface area contributed by atoms with Gasteiger partial charge < -0.3 is 10.0 Å². The Balaban J connectivity index is 2.23. The number of aromatic nitrogens is 2. The Hall–Kier alpha value is -1.90. The fourth-order valence-corrected chi connectivity index (χ4v) is 2.19. The second kappa shape index (κ2) is 5.14. The highest BCUT2D eigenvalue weighted by atomic mass is 35.5. The maximum absolute atomic E-state index is 13.0. The summed E-state index contributed by atoms with van der Waals surface area (Å²) in [5, 5.41) is 8.93. The van der Waals surface area contributed by atoms with Crippen LogP contribution in [-0.2, 0) is 4.79 Å². The van der Waals surface area contributed by atoms with E-state index in [1.54, 1.807) is 0 Å². The van der Waals surface area contributed by atoms with Crippen molar-refractivity contribution in [1.82, 2.24) is 14.9 Å². The molecule has 0 spiro atoms. The lowest BCUT2D eigenvalue weighted by molar-refractivity contribution is -0.227. The second-order valence-corrected chi connectivity index (χ2v) is 4.97. The molecule has 1 saturated heterocycles. The molecule has 21 heavy (non-hydrogen) atoms. The molecule has 1 aliphatic heterocycles. The van der Waals surface area contributed by atoms with Crippen molar-refractivity contribution in [2.45, 2.75) is 12.6 Å². The van der Waals surface area contributed by atoms with Crippen LogP contribution in [0.1, 0.15) is 16.9 Å². The number of alkyl halides is 3. The summed E-state index contributed by atoms with van der Waals surface area (Å²) in [5.74, 6) is -2.81. The number of carboxylic acid groups (broad SMARTS) is 1. The van der Waals surface area contributed by atoms with E-state index < -0.39 is 36.4 Å². The van der Waals surface area contributed by atoms with Gasteiger partial charge in [0.15, 0.2) is 5.41 Å². The van der Waals surface area contributed by atoms with E-state index >= 15 is 0 Å². The van der Waals surface area contributed by atoms with Gasteiger partial charge in [-0.05, 0) is 6.42 Å². The molecular formula is C11H9ClF3N3O3. The van der Waals surface area contributed by atoms with Gasteiger partial charge in [-0.25, -0.2) is 9.97 Å². The molecule has 1 fully saturated rings. The van der Waals surface area contributed by atoms with Crippen molar-refractivity contribution in [3.05, 3.63) is 23.2 Å². The van der Waals surface area contributed by atoms with Gasteiger partial charge in [-0.1, -0.05) is 11.6 Å².